The number of thiophene rings is 1. The molecule has 1 saturated heterocycles. The summed E-state index contributed by atoms with van der Waals surface area (Å²) in [6.45, 7) is 5.35. The molecule has 2 heterocycles. The number of nitrogens with two attached hydrogens (primary N) is 1. The van der Waals surface area contributed by atoms with Crippen LogP contribution in [0.25, 0.3) is 0 Å². The van der Waals surface area contributed by atoms with Crippen LogP contribution in [-0.2, 0) is 6.54 Å². The Morgan fingerprint density at radius 3 is 2.94 bits per heavy atom. The third-order valence-corrected chi connectivity index (χ3v) is 5.42. The van der Waals surface area contributed by atoms with Gasteiger partial charge in [0.05, 0.1) is 0 Å². The molecule has 1 fully saturated rings. The average Bonchev–Trinajstić information content (AvgIpc) is 2.65. The first-order valence-corrected chi connectivity index (χ1v) is 7.55. The zero-order chi connectivity index (χ0) is 11.5. The SMILES string of the molecule is CC1CCCN(Cc2sccc2Br)C1CN.Cl. The van der Waals surface area contributed by atoms with Crippen molar-refractivity contribution in [1.82, 2.24) is 4.90 Å². The van der Waals surface area contributed by atoms with Crippen LogP contribution in [0.15, 0.2) is 15.9 Å². The standard InChI is InChI=1S/C12H19BrN2S.ClH/c1-9-3-2-5-15(11(9)7-14)8-12-10(13)4-6-16-12;/h4,6,9,11H,2-3,5,7-8,14H2,1H3;1H. The van der Waals surface area contributed by atoms with Gasteiger partial charge < -0.3 is 5.73 Å². The molecule has 5 heteroatoms. The Morgan fingerprint density at radius 2 is 2.35 bits per heavy atom. The molecule has 0 amide bonds. The van der Waals surface area contributed by atoms with Gasteiger partial charge >= 0.3 is 0 Å². The van der Waals surface area contributed by atoms with Gasteiger partial charge in [-0.15, -0.1) is 23.7 Å². The van der Waals surface area contributed by atoms with Gasteiger partial charge in [0.2, 0.25) is 0 Å². The fourth-order valence-corrected chi connectivity index (χ4v) is 4.04. The van der Waals surface area contributed by atoms with Crippen molar-refractivity contribution in [3.8, 4) is 0 Å². The van der Waals surface area contributed by atoms with E-state index in [9.17, 15) is 0 Å². The van der Waals surface area contributed by atoms with Gasteiger partial charge in [-0.05, 0) is 52.7 Å². The van der Waals surface area contributed by atoms with Gasteiger partial charge in [-0.2, -0.15) is 0 Å². The number of hydrogen-bond acceptors (Lipinski definition) is 3. The summed E-state index contributed by atoms with van der Waals surface area (Å²) in [5.41, 5.74) is 5.90. The van der Waals surface area contributed by atoms with E-state index in [-0.39, 0.29) is 12.4 Å². The third kappa shape index (κ3) is 3.67. The van der Waals surface area contributed by atoms with Crippen molar-refractivity contribution in [2.24, 2.45) is 11.7 Å². The summed E-state index contributed by atoms with van der Waals surface area (Å²) < 4.78 is 1.24. The minimum absolute atomic E-state index is 0. The molecule has 1 aromatic heterocycles. The molecule has 1 aliphatic rings. The molecule has 1 aromatic rings. The fourth-order valence-electron chi connectivity index (χ4n) is 2.53. The van der Waals surface area contributed by atoms with E-state index >= 15 is 0 Å². The fraction of sp³-hybridized carbons (Fsp3) is 0.667. The van der Waals surface area contributed by atoms with Gasteiger partial charge in [0.15, 0.2) is 0 Å². The van der Waals surface area contributed by atoms with Crippen LogP contribution >= 0.6 is 39.7 Å². The second-order valence-electron chi connectivity index (χ2n) is 4.58. The molecule has 98 valence electrons. The van der Waals surface area contributed by atoms with E-state index in [1.165, 1.54) is 28.7 Å². The lowest BCUT2D eigenvalue weighted by molar-refractivity contribution is 0.0999. The maximum atomic E-state index is 5.90. The highest BCUT2D eigenvalue weighted by Gasteiger charge is 2.27. The summed E-state index contributed by atoms with van der Waals surface area (Å²) in [5, 5.41) is 2.14. The third-order valence-electron chi connectivity index (χ3n) is 3.51. The van der Waals surface area contributed by atoms with Crippen molar-refractivity contribution in [2.45, 2.75) is 32.4 Å². The highest BCUT2D eigenvalue weighted by molar-refractivity contribution is 9.10. The molecule has 2 rings (SSSR count). The first-order chi connectivity index (χ1) is 7.72. The maximum Gasteiger partial charge on any atom is 0.0342 e. The van der Waals surface area contributed by atoms with Crippen molar-refractivity contribution in [1.29, 1.82) is 0 Å². The van der Waals surface area contributed by atoms with Gasteiger partial charge in [-0.1, -0.05) is 6.92 Å². The van der Waals surface area contributed by atoms with Crippen LogP contribution in [0.1, 0.15) is 24.6 Å². The van der Waals surface area contributed by atoms with Crippen LogP contribution in [0.2, 0.25) is 0 Å². The van der Waals surface area contributed by atoms with E-state index in [0.717, 1.165) is 19.0 Å². The van der Waals surface area contributed by atoms with E-state index in [1.54, 1.807) is 0 Å². The lowest BCUT2D eigenvalue weighted by atomic mass is 9.91. The molecule has 0 bridgehead atoms. The highest BCUT2D eigenvalue weighted by atomic mass is 79.9. The second-order valence-corrected chi connectivity index (χ2v) is 6.44. The monoisotopic (exact) mass is 338 g/mol. The van der Waals surface area contributed by atoms with Gasteiger partial charge in [-0.25, -0.2) is 0 Å². The quantitative estimate of drug-likeness (QED) is 0.913. The Kier molecular flexibility index (Phi) is 6.45. The summed E-state index contributed by atoms with van der Waals surface area (Å²) in [4.78, 5) is 3.97. The Labute approximate surface area is 122 Å². The molecule has 1 aliphatic heterocycles. The zero-order valence-electron chi connectivity index (χ0n) is 10.1. The van der Waals surface area contributed by atoms with Gasteiger partial charge in [0, 0.05) is 28.5 Å². The largest absolute Gasteiger partial charge is 0.329 e. The Hall–Kier alpha value is 0.390. The highest BCUT2D eigenvalue weighted by Crippen LogP contribution is 2.29. The first kappa shape index (κ1) is 15.4. The summed E-state index contributed by atoms with van der Waals surface area (Å²) in [7, 11) is 0. The lowest BCUT2D eigenvalue weighted by Crippen LogP contribution is -2.47. The Morgan fingerprint density at radius 1 is 1.59 bits per heavy atom. The topological polar surface area (TPSA) is 29.3 Å². The second kappa shape index (κ2) is 7.10. The van der Waals surface area contributed by atoms with Crippen LogP contribution < -0.4 is 5.73 Å². The van der Waals surface area contributed by atoms with Crippen LogP contribution in [0.3, 0.4) is 0 Å². The van der Waals surface area contributed by atoms with E-state index in [4.69, 9.17) is 5.73 Å². The molecule has 2 nitrogen and oxygen atoms in total. The minimum Gasteiger partial charge on any atom is -0.329 e. The molecule has 0 saturated carbocycles. The van der Waals surface area contributed by atoms with Gasteiger partial charge in [0.1, 0.15) is 0 Å². The number of hydrogen-bond donors (Lipinski definition) is 1. The molecule has 0 aliphatic carbocycles. The van der Waals surface area contributed by atoms with Crippen molar-refractivity contribution in [2.75, 3.05) is 13.1 Å². The summed E-state index contributed by atoms with van der Waals surface area (Å²) in [6, 6.07) is 2.69. The molecule has 0 spiro atoms. The maximum absolute atomic E-state index is 5.90. The van der Waals surface area contributed by atoms with Crippen LogP contribution in [0, 0.1) is 5.92 Å². The van der Waals surface area contributed by atoms with E-state index in [0.29, 0.717) is 6.04 Å². The van der Waals surface area contributed by atoms with Gasteiger partial charge in [-0.3, -0.25) is 4.90 Å². The predicted octanol–water partition coefficient (Wildman–Crippen LogP) is 3.49. The summed E-state index contributed by atoms with van der Waals surface area (Å²) in [6.07, 6.45) is 2.63. The molecule has 17 heavy (non-hydrogen) atoms. The number of rotatable bonds is 3. The minimum atomic E-state index is 0. The number of piperidine rings is 1. The molecule has 2 atom stereocenters. The predicted molar refractivity (Wildman–Crippen MR) is 80.9 cm³/mol. The van der Waals surface area contributed by atoms with Crippen molar-refractivity contribution >= 4 is 39.7 Å². The molecular formula is C12H20BrClN2S. The van der Waals surface area contributed by atoms with Crippen LogP contribution in [-0.4, -0.2) is 24.0 Å². The molecule has 2 unspecified atom stereocenters. The normalized spacial score (nSPS) is 25.6. The van der Waals surface area contributed by atoms with E-state index < -0.39 is 0 Å². The number of likely N-dealkylation sites (tertiary alicyclic amines) is 1. The number of halogens is 2. The Bertz CT molecular complexity index is 345. The zero-order valence-corrected chi connectivity index (χ0v) is 13.3. The Balaban J connectivity index is 0.00000144. The smallest absolute Gasteiger partial charge is 0.0342 e. The van der Waals surface area contributed by atoms with E-state index in [2.05, 4.69) is 39.2 Å². The van der Waals surface area contributed by atoms with E-state index in [1.807, 2.05) is 11.3 Å². The molecule has 2 N–H and O–H groups in total. The molecule has 0 radical (unpaired) electrons. The number of nitrogens with zero attached hydrogens (tertiary/aromatic N) is 1. The van der Waals surface area contributed by atoms with Crippen molar-refractivity contribution in [3.05, 3.63) is 20.8 Å². The van der Waals surface area contributed by atoms with Crippen LogP contribution in [0.5, 0.6) is 0 Å². The van der Waals surface area contributed by atoms with Crippen LogP contribution in [0.4, 0.5) is 0 Å². The lowest BCUT2D eigenvalue weighted by Gasteiger charge is -2.39. The van der Waals surface area contributed by atoms with Gasteiger partial charge in [0.25, 0.3) is 0 Å². The molecule has 0 aromatic carbocycles. The average molecular weight is 340 g/mol. The first-order valence-electron chi connectivity index (χ1n) is 5.88. The summed E-state index contributed by atoms with van der Waals surface area (Å²) >= 11 is 5.43. The molecular weight excluding hydrogens is 320 g/mol. The van der Waals surface area contributed by atoms with Crippen molar-refractivity contribution < 1.29 is 0 Å². The van der Waals surface area contributed by atoms with Crippen molar-refractivity contribution in [3.63, 3.8) is 0 Å². The summed E-state index contributed by atoms with van der Waals surface area (Å²) in [5.74, 6) is 0.734.